The Morgan fingerprint density at radius 2 is 2.00 bits per heavy atom. The van der Waals surface area contributed by atoms with Crippen molar-refractivity contribution in [2.24, 2.45) is 0 Å². The molecule has 0 aliphatic heterocycles. The molecule has 1 aliphatic rings. The van der Waals surface area contributed by atoms with Crippen LogP contribution in [-0.2, 0) is 0 Å². The van der Waals surface area contributed by atoms with E-state index in [1.165, 1.54) is 23.6 Å². The van der Waals surface area contributed by atoms with Gasteiger partial charge in [-0.15, -0.1) is 0 Å². The third-order valence-corrected chi connectivity index (χ3v) is 5.75. The van der Waals surface area contributed by atoms with Crippen LogP contribution in [0.15, 0.2) is 23.0 Å². The molecule has 1 heterocycles. The molecule has 0 bridgehead atoms. The fourth-order valence-electron chi connectivity index (χ4n) is 3.74. The van der Waals surface area contributed by atoms with Gasteiger partial charge in [0.2, 0.25) is 11.7 Å². The molecule has 29 heavy (non-hydrogen) atoms. The Balaban J connectivity index is 1.98. The third kappa shape index (κ3) is 4.26. The van der Waals surface area contributed by atoms with E-state index in [9.17, 15) is 20.0 Å². The first kappa shape index (κ1) is 21.2. The first-order valence-corrected chi connectivity index (χ1v) is 10.1. The molecule has 0 atom stereocenters. The normalized spacial score (nSPS) is 14.4. The maximum Gasteiger partial charge on any atom is 0.271 e. The van der Waals surface area contributed by atoms with Crippen molar-refractivity contribution in [3.8, 4) is 17.7 Å². The molecule has 2 aromatic rings. The van der Waals surface area contributed by atoms with Crippen molar-refractivity contribution in [3.63, 3.8) is 0 Å². The Bertz CT molecular complexity index is 1050. The second-order valence-electron chi connectivity index (χ2n) is 7.06. The van der Waals surface area contributed by atoms with Gasteiger partial charge in [0, 0.05) is 11.1 Å². The Kier molecular flexibility index (Phi) is 6.51. The summed E-state index contributed by atoms with van der Waals surface area (Å²) in [6.07, 6.45) is 4.34. The van der Waals surface area contributed by atoms with Crippen LogP contribution in [0.3, 0.4) is 0 Å². The molecule has 0 radical (unpaired) electrons. The summed E-state index contributed by atoms with van der Waals surface area (Å²) in [5.41, 5.74) is -0.622. The molecule has 1 fully saturated rings. The fourth-order valence-corrected chi connectivity index (χ4v) is 4.20. The lowest BCUT2D eigenvalue weighted by Crippen LogP contribution is -2.31. The zero-order chi connectivity index (χ0) is 21.1. The van der Waals surface area contributed by atoms with Crippen molar-refractivity contribution < 1.29 is 14.6 Å². The third-order valence-electron chi connectivity index (χ3n) is 5.22. The van der Waals surface area contributed by atoms with E-state index in [2.05, 4.69) is 0 Å². The van der Waals surface area contributed by atoms with Gasteiger partial charge in [0.15, 0.2) is 6.61 Å². The van der Waals surface area contributed by atoms with Crippen LogP contribution in [-0.4, -0.2) is 22.1 Å². The number of ether oxygens (including phenoxy) is 1. The Labute approximate surface area is 178 Å². The minimum Gasteiger partial charge on any atom is -0.494 e. The number of benzene rings is 1. The number of hydrogen-bond acceptors (Lipinski definition) is 5. The summed E-state index contributed by atoms with van der Waals surface area (Å²) < 4.78 is 6.69. The Hall–Kier alpha value is -2.49. The highest BCUT2D eigenvalue weighted by atomic mass is 35.5. The lowest BCUT2D eigenvalue weighted by Gasteiger charge is -2.26. The van der Waals surface area contributed by atoms with Crippen molar-refractivity contribution >= 4 is 29.0 Å². The summed E-state index contributed by atoms with van der Waals surface area (Å²) in [4.78, 5) is 25.7. The summed E-state index contributed by atoms with van der Waals surface area (Å²) in [7, 11) is 0. The number of aromatic hydroxyl groups is 1. The van der Waals surface area contributed by atoms with Gasteiger partial charge in [0.25, 0.3) is 5.56 Å². The average molecular weight is 435 g/mol. The lowest BCUT2D eigenvalue weighted by molar-refractivity contribution is 0.0915. The highest BCUT2D eigenvalue weighted by molar-refractivity contribution is 6.35. The van der Waals surface area contributed by atoms with Gasteiger partial charge in [-0.05, 0) is 43.5 Å². The number of rotatable bonds is 5. The van der Waals surface area contributed by atoms with Crippen molar-refractivity contribution in [2.45, 2.75) is 45.1 Å². The molecule has 1 aliphatic carbocycles. The van der Waals surface area contributed by atoms with Gasteiger partial charge in [-0.2, -0.15) is 5.26 Å². The van der Waals surface area contributed by atoms with Crippen LogP contribution in [0.1, 0.15) is 59.6 Å². The predicted molar refractivity (Wildman–Crippen MR) is 110 cm³/mol. The monoisotopic (exact) mass is 434 g/mol. The lowest BCUT2D eigenvalue weighted by atomic mass is 9.93. The van der Waals surface area contributed by atoms with Crippen molar-refractivity contribution in [3.05, 3.63) is 55.3 Å². The van der Waals surface area contributed by atoms with Crippen LogP contribution >= 0.6 is 23.2 Å². The summed E-state index contributed by atoms with van der Waals surface area (Å²) in [6.45, 7) is 1.07. The number of nitrogens with zero attached hydrogens (tertiary/aromatic N) is 2. The number of Topliss-reactive ketones (excluding diaryl/α,β-unsaturated/α-hetero) is 1. The van der Waals surface area contributed by atoms with Crippen LogP contribution in [0.4, 0.5) is 0 Å². The van der Waals surface area contributed by atoms with Crippen LogP contribution in [0.2, 0.25) is 10.0 Å². The van der Waals surface area contributed by atoms with Crippen LogP contribution in [0.5, 0.6) is 11.6 Å². The number of pyridine rings is 1. The van der Waals surface area contributed by atoms with Gasteiger partial charge >= 0.3 is 0 Å². The molecule has 0 amide bonds. The summed E-state index contributed by atoms with van der Waals surface area (Å²) in [5.74, 6) is -0.691. The highest BCUT2D eigenvalue weighted by Gasteiger charge is 2.28. The minimum atomic E-state index is -0.562. The molecule has 152 valence electrons. The predicted octanol–water partition coefficient (Wildman–Crippen LogP) is 4.81. The van der Waals surface area contributed by atoms with Gasteiger partial charge in [-0.3, -0.25) is 14.2 Å². The largest absolute Gasteiger partial charge is 0.494 e. The number of aromatic nitrogens is 1. The van der Waals surface area contributed by atoms with E-state index in [4.69, 9.17) is 27.9 Å². The minimum absolute atomic E-state index is 0.0724. The molecule has 3 rings (SSSR count). The average Bonchev–Trinajstić information content (AvgIpc) is 2.68. The topological polar surface area (TPSA) is 92.3 Å². The van der Waals surface area contributed by atoms with E-state index in [1.54, 1.807) is 6.07 Å². The molecular formula is C21H20Cl2N2O4. The number of nitriles is 1. The molecule has 6 nitrogen and oxygen atoms in total. The molecule has 1 N–H and O–H groups in total. The first-order chi connectivity index (χ1) is 13.8. The van der Waals surface area contributed by atoms with Gasteiger partial charge in [0.1, 0.15) is 17.4 Å². The van der Waals surface area contributed by atoms with Crippen molar-refractivity contribution in [1.29, 1.82) is 5.26 Å². The van der Waals surface area contributed by atoms with E-state index in [0.717, 1.165) is 19.3 Å². The van der Waals surface area contributed by atoms with E-state index in [1.807, 2.05) is 6.07 Å². The van der Waals surface area contributed by atoms with Gasteiger partial charge < -0.3 is 9.84 Å². The molecule has 0 unspecified atom stereocenters. The first-order valence-electron chi connectivity index (χ1n) is 9.34. The van der Waals surface area contributed by atoms with Gasteiger partial charge in [-0.1, -0.05) is 42.5 Å². The zero-order valence-corrected chi connectivity index (χ0v) is 17.4. The number of carbonyl (C=O) groups excluding carboxylic acids is 1. The molecule has 0 saturated heterocycles. The SMILES string of the molecule is Cc1c(C(=O)COc2ccc(Cl)cc2Cl)c(O)n(C2CCCCC2)c(=O)c1C#N. The second kappa shape index (κ2) is 8.89. The number of ketones is 1. The van der Waals surface area contributed by atoms with E-state index in [-0.39, 0.29) is 33.5 Å². The molecular weight excluding hydrogens is 415 g/mol. The molecule has 8 heteroatoms. The van der Waals surface area contributed by atoms with Crippen LogP contribution < -0.4 is 10.3 Å². The Morgan fingerprint density at radius 1 is 1.31 bits per heavy atom. The summed E-state index contributed by atoms with van der Waals surface area (Å²) in [6, 6.07) is 6.25. The van der Waals surface area contributed by atoms with Crippen LogP contribution in [0.25, 0.3) is 0 Å². The van der Waals surface area contributed by atoms with Crippen molar-refractivity contribution in [1.82, 2.24) is 4.57 Å². The summed E-state index contributed by atoms with van der Waals surface area (Å²) >= 11 is 11.9. The standard InChI is InChI=1S/C21H20Cl2N2O4/c1-12-15(10-24)20(27)25(14-5-3-2-4-6-14)21(28)19(12)17(26)11-29-18-8-7-13(22)9-16(18)23/h7-9,14,28H,2-6,11H2,1H3. The smallest absolute Gasteiger partial charge is 0.271 e. The maximum absolute atomic E-state index is 12.9. The Morgan fingerprint density at radius 3 is 2.62 bits per heavy atom. The maximum atomic E-state index is 12.9. The van der Waals surface area contributed by atoms with E-state index < -0.39 is 23.8 Å². The van der Waals surface area contributed by atoms with E-state index in [0.29, 0.717) is 17.9 Å². The number of carbonyl (C=O) groups is 1. The molecule has 1 saturated carbocycles. The van der Waals surface area contributed by atoms with Crippen molar-refractivity contribution in [2.75, 3.05) is 6.61 Å². The molecule has 1 aromatic carbocycles. The second-order valence-corrected chi connectivity index (χ2v) is 7.91. The number of halogens is 2. The van der Waals surface area contributed by atoms with E-state index >= 15 is 0 Å². The fraction of sp³-hybridized carbons (Fsp3) is 0.381. The van der Waals surface area contributed by atoms with Gasteiger partial charge in [0.05, 0.1) is 10.6 Å². The number of hydrogen-bond donors (Lipinski definition) is 1. The summed E-state index contributed by atoms with van der Waals surface area (Å²) in [5, 5.41) is 21.0. The zero-order valence-electron chi connectivity index (χ0n) is 15.9. The molecule has 1 aromatic heterocycles. The van der Waals surface area contributed by atoms with Gasteiger partial charge in [-0.25, -0.2) is 0 Å². The quantitative estimate of drug-likeness (QED) is 0.681. The van der Waals surface area contributed by atoms with Crippen LogP contribution in [0, 0.1) is 18.3 Å². The highest BCUT2D eigenvalue weighted by Crippen LogP contribution is 2.33. The molecule has 0 spiro atoms.